The van der Waals surface area contributed by atoms with Crippen molar-refractivity contribution < 1.29 is 47.1 Å². The van der Waals surface area contributed by atoms with E-state index in [-0.39, 0.29) is 29.6 Å². The zero-order valence-electron chi connectivity index (χ0n) is 4.40. The zero-order chi connectivity index (χ0) is 6.50. The second-order valence-electron chi connectivity index (χ2n) is 0.448. The van der Waals surface area contributed by atoms with Crippen LogP contribution in [0.4, 0.5) is 0 Å². The van der Waals surface area contributed by atoms with Gasteiger partial charge in [0.25, 0.3) is 0 Å². The van der Waals surface area contributed by atoms with Crippen LogP contribution >= 0.6 is 0 Å². The van der Waals surface area contributed by atoms with Crippen molar-refractivity contribution in [2.75, 3.05) is 0 Å². The van der Waals surface area contributed by atoms with Crippen molar-refractivity contribution in [1.82, 2.24) is 0 Å². The molecule has 0 heterocycles. The van der Waals surface area contributed by atoms with Crippen LogP contribution in [0.15, 0.2) is 6.58 Å². The van der Waals surface area contributed by atoms with Gasteiger partial charge in [0.2, 0.25) is 0 Å². The van der Waals surface area contributed by atoms with Gasteiger partial charge in [-0.2, -0.15) is 8.42 Å². The Hall–Kier alpha value is 0.610. The number of hydrogen-bond acceptors (Lipinski definition) is 2. The van der Waals surface area contributed by atoms with Crippen molar-refractivity contribution in [2.24, 2.45) is 0 Å². The minimum atomic E-state index is -4.67. The summed E-state index contributed by atoms with van der Waals surface area (Å²) in [6, 6.07) is 0. The van der Waals surface area contributed by atoms with Crippen LogP contribution in [0.3, 0.4) is 0 Å². The van der Waals surface area contributed by atoms with E-state index in [0.29, 0.717) is 0 Å². The minimum Gasteiger partial charge on any atom is -0.521 e. The van der Waals surface area contributed by atoms with E-state index in [0.717, 1.165) is 0 Å². The molecule has 0 saturated carbocycles. The van der Waals surface area contributed by atoms with E-state index >= 15 is 0 Å². The third-order valence-electron chi connectivity index (χ3n) is 0. The van der Waals surface area contributed by atoms with Crippen molar-refractivity contribution in [2.45, 2.75) is 0 Å². The predicted octanol–water partition coefficient (Wildman–Crippen LogP) is -3.04. The van der Waals surface area contributed by atoms with Gasteiger partial charge in [-0.3, -0.25) is 15.7 Å². The summed E-state index contributed by atoms with van der Waals surface area (Å²) < 4.78 is 31.6. The molecule has 0 aliphatic rings. The molecule has 0 aromatic heterocycles. The van der Waals surface area contributed by atoms with Gasteiger partial charge >= 0.3 is 40.0 Å². The molecule has 44 valence electrons. The summed E-state index contributed by atoms with van der Waals surface area (Å²) in [6.45, 7) is 7.00. The fourth-order valence-corrected chi connectivity index (χ4v) is 0. The van der Waals surface area contributed by atoms with Crippen LogP contribution in [0.1, 0.15) is 0 Å². The molecule has 0 unspecified atom stereocenters. The molecule has 0 saturated heterocycles. The molecular formula is C2H5NaO4S. The summed E-state index contributed by atoms with van der Waals surface area (Å²) in [4.78, 5) is 0. The maximum absolute atomic E-state index is 8.74. The van der Waals surface area contributed by atoms with Crippen molar-refractivity contribution in [1.29, 1.82) is 0 Å². The molecule has 2 N–H and O–H groups in total. The van der Waals surface area contributed by atoms with Gasteiger partial charge in [0, 0.05) is 0 Å². The van der Waals surface area contributed by atoms with Gasteiger partial charge in [-0.05, 0) is 0 Å². The van der Waals surface area contributed by atoms with Gasteiger partial charge < -0.3 is 6.58 Å². The predicted molar refractivity (Wildman–Crippen MR) is 24.1 cm³/mol. The Labute approximate surface area is 70.5 Å². The summed E-state index contributed by atoms with van der Waals surface area (Å²) in [5.74, 6) is 0. The Bertz CT molecular complexity index is 108. The Morgan fingerprint density at radius 2 is 1.25 bits per heavy atom. The second-order valence-corrected chi connectivity index (χ2v) is 1.34. The molecule has 8 heavy (non-hydrogen) atoms. The molecule has 0 aromatic rings. The molecule has 0 radical (unpaired) electrons. The van der Waals surface area contributed by atoms with Crippen LogP contribution in [-0.4, -0.2) is 17.5 Å². The molecule has 0 aromatic carbocycles. The van der Waals surface area contributed by atoms with Crippen molar-refractivity contribution in [3.8, 4) is 0 Å². The first-order chi connectivity index (χ1) is 3.00. The molecule has 0 atom stereocenters. The first kappa shape index (κ1) is 15.8. The summed E-state index contributed by atoms with van der Waals surface area (Å²) >= 11 is 0. The first-order valence-corrected chi connectivity index (χ1v) is 2.50. The van der Waals surface area contributed by atoms with E-state index in [9.17, 15) is 0 Å². The average Bonchev–Trinajstić information content (AvgIpc) is 1.36. The molecule has 4 nitrogen and oxygen atoms in total. The van der Waals surface area contributed by atoms with Crippen molar-refractivity contribution in [3.05, 3.63) is 13.2 Å². The van der Waals surface area contributed by atoms with Crippen LogP contribution in [0.2, 0.25) is 0 Å². The van der Waals surface area contributed by atoms with Crippen LogP contribution < -0.4 is 29.6 Å². The van der Waals surface area contributed by atoms with E-state index < -0.39 is 10.4 Å². The molecule has 0 aliphatic carbocycles. The van der Waals surface area contributed by atoms with E-state index in [1.165, 1.54) is 0 Å². The standard InChI is InChI=1S/C2H3.Na.H2O4S/c1-2;;1-5(2,3)4/h1H,2H2;;(H2,1,2,3,4)/q-1;+1;. The molecule has 0 rings (SSSR count). The van der Waals surface area contributed by atoms with Gasteiger partial charge in [0.1, 0.15) is 0 Å². The monoisotopic (exact) mass is 148 g/mol. The summed E-state index contributed by atoms with van der Waals surface area (Å²) in [5.41, 5.74) is 0. The summed E-state index contributed by atoms with van der Waals surface area (Å²) in [7, 11) is -4.67. The zero-order valence-corrected chi connectivity index (χ0v) is 7.22. The molecule has 0 bridgehead atoms. The summed E-state index contributed by atoms with van der Waals surface area (Å²) in [5, 5.41) is 0. The van der Waals surface area contributed by atoms with Crippen LogP contribution in [0, 0.1) is 6.58 Å². The molecule has 0 spiro atoms. The molecule has 0 amide bonds. The van der Waals surface area contributed by atoms with Crippen LogP contribution in [-0.2, 0) is 10.4 Å². The Balaban J connectivity index is -0.0000000750. The smallest absolute Gasteiger partial charge is 0.521 e. The number of rotatable bonds is 0. The maximum atomic E-state index is 8.74. The Morgan fingerprint density at radius 3 is 1.25 bits per heavy atom. The molecular weight excluding hydrogens is 143 g/mol. The quantitative estimate of drug-likeness (QED) is 0.217. The largest absolute Gasteiger partial charge is 1.00 e. The Morgan fingerprint density at radius 1 is 1.25 bits per heavy atom. The first-order valence-electron chi connectivity index (χ1n) is 1.11. The number of hydrogen-bond donors (Lipinski definition) is 2. The van der Waals surface area contributed by atoms with E-state index in [1.807, 2.05) is 0 Å². The molecule has 6 heteroatoms. The van der Waals surface area contributed by atoms with Crippen LogP contribution in [0.25, 0.3) is 0 Å². The van der Waals surface area contributed by atoms with Crippen molar-refractivity contribution in [3.63, 3.8) is 0 Å². The Kier molecular flexibility index (Phi) is 15.1. The molecule has 0 fully saturated rings. The van der Waals surface area contributed by atoms with Gasteiger partial charge in [0.15, 0.2) is 0 Å². The van der Waals surface area contributed by atoms with E-state index in [4.69, 9.17) is 17.5 Å². The minimum absolute atomic E-state index is 0. The fourth-order valence-electron chi connectivity index (χ4n) is 0. The van der Waals surface area contributed by atoms with Gasteiger partial charge in [-0.15, -0.1) is 0 Å². The fraction of sp³-hybridized carbons (Fsp3) is 0. The second kappa shape index (κ2) is 7.61. The van der Waals surface area contributed by atoms with Gasteiger partial charge in [0.05, 0.1) is 0 Å². The normalized spacial score (nSPS) is 7.75. The third kappa shape index (κ3) is 559. The van der Waals surface area contributed by atoms with E-state index in [1.54, 1.807) is 0 Å². The van der Waals surface area contributed by atoms with Crippen molar-refractivity contribution >= 4 is 10.4 Å². The van der Waals surface area contributed by atoms with Crippen LogP contribution in [0.5, 0.6) is 0 Å². The third-order valence-corrected chi connectivity index (χ3v) is 0. The van der Waals surface area contributed by atoms with E-state index in [2.05, 4.69) is 13.2 Å². The average molecular weight is 148 g/mol. The topological polar surface area (TPSA) is 74.6 Å². The molecule has 0 aliphatic heterocycles. The maximum Gasteiger partial charge on any atom is 1.00 e. The van der Waals surface area contributed by atoms with Gasteiger partial charge in [-0.25, -0.2) is 0 Å². The summed E-state index contributed by atoms with van der Waals surface area (Å²) in [6.07, 6.45) is 0. The van der Waals surface area contributed by atoms with Gasteiger partial charge in [-0.1, -0.05) is 0 Å². The SMILES string of the molecule is O=S(=O)(O)O.[CH-]=C.[Na+].